The number of urea groups is 1. The van der Waals surface area contributed by atoms with E-state index >= 15 is 0 Å². The minimum absolute atomic E-state index is 0.148. The first-order chi connectivity index (χ1) is 10.7. The average Bonchev–Trinajstić information content (AvgIpc) is 3.04. The number of fused-ring (bicyclic) bond motifs is 1. The van der Waals surface area contributed by atoms with Gasteiger partial charge in [0.25, 0.3) is 0 Å². The van der Waals surface area contributed by atoms with Gasteiger partial charge in [-0.1, -0.05) is 13.3 Å². The SMILES string of the molecule is CCSC1CCCC1NC(=O)Nc1ccc2nc(C)nn2c1. The molecule has 7 heteroatoms. The minimum atomic E-state index is -0.148. The van der Waals surface area contributed by atoms with Gasteiger partial charge in [0.05, 0.1) is 11.9 Å². The fraction of sp³-hybridized carbons (Fsp3) is 0.533. The summed E-state index contributed by atoms with van der Waals surface area (Å²) in [5.41, 5.74) is 1.49. The molecule has 0 saturated heterocycles. The largest absolute Gasteiger partial charge is 0.334 e. The predicted molar refractivity (Wildman–Crippen MR) is 89.4 cm³/mol. The quantitative estimate of drug-likeness (QED) is 0.909. The maximum atomic E-state index is 12.2. The predicted octanol–water partition coefficient (Wildman–Crippen LogP) is 2.83. The molecular weight excluding hydrogens is 298 g/mol. The highest BCUT2D eigenvalue weighted by Crippen LogP contribution is 2.29. The maximum absolute atomic E-state index is 12.2. The molecule has 1 aliphatic carbocycles. The number of rotatable bonds is 4. The van der Waals surface area contributed by atoms with Crippen molar-refractivity contribution < 1.29 is 4.79 Å². The van der Waals surface area contributed by atoms with Gasteiger partial charge in [0.1, 0.15) is 5.82 Å². The van der Waals surface area contributed by atoms with E-state index in [2.05, 4.69) is 27.6 Å². The van der Waals surface area contributed by atoms with Crippen molar-refractivity contribution in [1.82, 2.24) is 19.9 Å². The van der Waals surface area contributed by atoms with Gasteiger partial charge in [-0.2, -0.15) is 16.9 Å². The Morgan fingerprint density at radius 1 is 1.45 bits per heavy atom. The Bertz CT molecular complexity index is 671. The molecule has 2 heterocycles. The zero-order valence-electron chi connectivity index (χ0n) is 12.9. The fourth-order valence-corrected chi connectivity index (χ4v) is 4.11. The fourth-order valence-electron chi connectivity index (χ4n) is 2.91. The van der Waals surface area contributed by atoms with Crippen molar-refractivity contribution >= 4 is 29.1 Å². The second kappa shape index (κ2) is 6.56. The van der Waals surface area contributed by atoms with Gasteiger partial charge in [0.15, 0.2) is 5.65 Å². The highest BCUT2D eigenvalue weighted by Gasteiger charge is 2.28. The molecular formula is C15H21N5OS. The topological polar surface area (TPSA) is 71.3 Å². The Morgan fingerprint density at radius 3 is 3.14 bits per heavy atom. The van der Waals surface area contributed by atoms with Gasteiger partial charge in [0, 0.05) is 11.3 Å². The first-order valence-corrected chi connectivity index (χ1v) is 8.72. The number of carbonyl (C=O) groups excluding carboxylic acids is 1. The molecule has 2 aromatic heterocycles. The summed E-state index contributed by atoms with van der Waals surface area (Å²) in [6.45, 7) is 4.01. The summed E-state index contributed by atoms with van der Waals surface area (Å²) in [6.07, 6.45) is 5.22. The Hall–Kier alpha value is -1.76. The highest BCUT2D eigenvalue weighted by molar-refractivity contribution is 7.99. The standard InChI is InChI=1S/C15H21N5OS/c1-3-22-13-6-4-5-12(13)18-15(21)17-11-7-8-14-16-10(2)19-20(14)9-11/h7-9,12-13H,3-6H2,1-2H3,(H2,17,18,21). The Morgan fingerprint density at radius 2 is 2.32 bits per heavy atom. The summed E-state index contributed by atoms with van der Waals surface area (Å²) in [7, 11) is 0. The number of aromatic nitrogens is 3. The number of nitrogens with zero attached hydrogens (tertiary/aromatic N) is 3. The summed E-state index contributed by atoms with van der Waals surface area (Å²) in [5, 5.41) is 10.8. The second-order valence-electron chi connectivity index (χ2n) is 5.51. The van der Waals surface area contributed by atoms with E-state index in [1.54, 1.807) is 10.7 Å². The Labute approximate surface area is 134 Å². The molecule has 0 spiro atoms. The van der Waals surface area contributed by atoms with Crippen LogP contribution in [0.1, 0.15) is 32.0 Å². The van der Waals surface area contributed by atoms with E-state index in [0.717, 1.165) is 17.8 Å². The summed E-state index contributed by atoms with van der Waals surface area (Å²) in [5.74, 6) is 1.80. The lowest BCUT2D eigenvalue weighted by molar-refractivity contribution is 0.249. The number of hydrogen-bond acceptors (Lipinski definition) is 4. The van der Waals surface area contributed by atoms with E-state index < -0.39 is 0 Å². The van der Waals surface area contributed by atoms with Crippen molar-refractivity contribution in [2.45, 2.75) is 44.4 Å². The third kappa shape index (κ3) is 3.35. The van der Waals surface area contributed by atoms with Crippen LogP contribution in [0.3, 0.4) is 0 Å². The van der Waals surface area contributed by atoms with Crippen molar-refractivity contribution in [2.75, 3.05) is 11.1 Å². The molecule has 2 N–H and O–H groups in total. The van der Waals surface area contributed by atoms with Gasteiger partial charge in [-0.3, -0.25) is 0 Å². The van der Waals surface area contributed by atoms with E-state index in [9.17, 15) is 4.79 Å². The van der Waals surface area contributed by atoms with Crippen LogP contribution < -0.4 is 10.6 Å². The van der Waals surface area contributed by atoms with E-state index in [1.807, 2.05) is 30.8 Å². The van der Waals surface area contributed by atoms with Crippen LogP contribution in [0.2, 0.25) is 0 Å². The molecule has 0 radical (unpaired) electrons. The second-order valence-corrected chi connectivity index (χ2v) is 7.03. The van der Waals surface area contributed by atoms with Gasteiger partial charge in [-0.15, -0.1) is 0 Å². The van der Waals surface area contributed by atoms with Crippen molar-refractivity contribution in [3.05, 3.63) is 24.2 Å². The summed E-state index contributed by atoms with van der Waals surface area (Å²) >= 11 is 1.94. The molecule has 1 aliphatic rings. The molecule has 1 saturated carbocycles. The molecule has 22 heavy (non-hydrogen) atoms. The number of anilines is 1. The lowest BCUT2D eigenvalue weighted by atomic mass is 10.2. The smallest absolute Gasteiger partial charge is 0.319 e. The van der Waals surface area contributed by atoms with Crippen LogP contribution in [0.5, 0.6) is 0 Å². The number of nitrogens with one attached hydrogen (secondary N) is 2. The number of pyridine rings is 1. The minimum Gasteiger partial charge on any atom is -0.334 e. The molecule has 6 nitrogen and oxygen atoms in total. The molecule has 2 atom stereocenters. The van der Waals surface area contributed by atoms with Gasteiger partial charge >= 0.3 is 6.03 Å². The van der Waals surface area contributed by atoms with Gasteiger partial charge < -0.3 is 10.6 Å². The third-order valence-electron chi connectivity index (χ3n) is 3.84. The van der Waals surface area contributed by atoms with Crippen LogP contribution in [0.25, 0.3) is 5.65 Å². The Balaban J connectivity index is 1.62. The van der Waals surface area contributed by atoms with Crippen LogP contribution in [-0.2, 0) is 0 Å². The van der Waals surface area contributed by atoms with Crippen LogP contribution >= 0.6 is 11.8 Å². The molecule has 3 rings (SSSR count). The number of carbonyl (C=O) groups is 1. The van der Waals surface area contributed by atoms with Crippen molar-refractivity contribution in [1.29, 1.82) is 0 Å². The number of aryl methyl sites for hydroxylation is 1. The van der Waals surface area contributed by atoms with Crippen molar-refractivity contribution in [3.63, 3.8) is 0 Å². The van der Waals surface area contributed by atoms with Crippen LogP contribution in [0, 0.1) is 6.92 Å². The van der Waals surface area contributed by atoms with Gasteiger partial charge in [-0.05, 0) is 37.7 Å². The number of hydrogen-bond donors (Lipinski definition) is 2. The molecule has 2 aromatic rings. The van der Waals surface area contributed by atoms with E-state index in [1.165, 1.54) is 12.8 Å². The van der Waals surface area contributed by atoms with Gasteiger partial charge in [-0.25, -0.2) is 14.3 Å². The summed E-state index contributed by atoms with van der Waals surface area (Å²) in [6, 6.07) is 3.81. The van der Waals surface area contributed by atoms with E-state index in [0.29, 0.717) is 16.8 Å². The van der Waals surface area contributed by atoms with Crippen LogP contribution in [0.4, 0.5) is 10.5 Å². The lowest BCUT2D eigenvalue weighted by Crippen LogP contribution is -2.41. The lowest BCUT2D eigenvalue weighted by Gasteiger charge is -2.20. The summed E-state index contributed by atoms with van der Waals surface area (Å²) in [4.78, 5) is 16.5. The van der Waals surface area contributed by atoms with Crippen molar-refractivity contribution in [3.8, 4) is 0 Å². The molecule has 118 valence electrons. The number of thioether (sulfide) groups is 1. The molecule has 0 aliphatic heterocycles. The van der Waals surface area contributed by atoms with Gasteiger partial charge in [0.2, 0.25) is 0 Å². The Kier molecular flexibility index (Phi) is 4.52. The monoisotopic (exact) mass is 319 g/mol. The number of amides is 2. The normalized spacial score (nSPS) is 21.2. The van der Waals surface area contributed by atoms with Crippen LogP contribution in [0.15, 0.2) is 18.3 Å². The summed E-state index contributed by atoms with van der Waals surface area (Å²) < 4.78 is 1.68. The zero-order valence-corrected chi connectivity index (χ0v) is 13.7. The van der Waals surface area contributed by atoms with E-state index in [4.69, 9.17) is 0 Å². The van der Waals surface area contributed by atoms with Crippen LogP contribution in [-0.4, -0.2) is 37.7 Å². The van der Waals surface area contributed by atoms with E-state index in [-0.39, 0.29) is 12.1 Å². The van der Waals surface area contributed by atoms with Crippen molar-refractivity contribution in [2.24, 2.45) is 0 Å². The maximum Gasteiger partial charge on any atom is 0.319 e. The molecule has 2 unspecified atom stereocenters. The first-order valence-electron chi connectivity index (χ1n) is 7.68. The molecule has 0 bridgehead atoms. The average molecular weight is 319 g/mol. The molecule has 0 aromatic carbocycles. The molecule has 1 fully saturated rings. The first kappa shape index (κ1) is 15.1. The highest BCUT2D eigenvalue weighted by atomic mass is 32.2. The molecule has 2 amide bonds. The third-order valence-corrected chi connectivity index (χ3v) is 5.17. The zero-order chi connectivity index (χ0) is 15.5.